The molecule has 1 fully saturated rings. The fourth-order valence-electron chi connectivity index (χ4n) is 3.88. The number of hydrogen-bond acceptors (Lipinski definition) is 3. The van der Waals surface area contributed by atoms with Gasteiger partial charge in [-0.05, 0) is 43.2 Å². The number of carbonyl (C=O) groups excluding carboxylic acids is 2. The Kier molecular flexibility index (Phi) is 5.94. The van der Waals surface area contributed by atoms with Gasteiger partial charge in [0.2, 0.25) is 5.91 Å². The first-order valence-electron chi connectivity index (χ1n) is 10.0. The van der Waals surface area contributed by atoms with Gasteiger partial charge < -0.3 is 20.1 Å². The van der Waals surface area contributed by atoms with Gasteiger partial charge in [0.15, 0.2) is 0 Å². The van der Waals surface area contributed by atoms with Crippen LogP contribution in [0, 0.1) is 0 Å². The molecule has 0 bridgehead atoms. The van der Waals surface area contributed by atoms with Crippen LogP contribution < -0.4 is 5.32 Å². The van der Waals surface area contributed by atoms with E-state index in [0.717, 1.165) is 41.7 Å². The maximum Gasteiger partial charge on any atom is 0.317 e. The van der Waals surface area contributed by atoms with E-state index in [2.05, 4.69) is 20.5 Å². The van der Waals surface area contributed by atoms with Gasteiger partial charge >= 0.3 is 6.03 Å². The Morgan fingerprint density at radius 1 is 1.30 bits per heavy atom. The van der Waals surface area contributed by atoms with Crippen molar-refractivity contribution in [1.29, 1.82) is 0 Å². The van der Waals surface area contributed by atoms with E-state index in [-0.39, 0.29) is 18.0 Å². The van der Waals surface area contributed by atoms with Crippen LogP contribution in [0.25, 0.3) is 10.9 Å². The van der Waals surface area contributed by atoms with Gasteiger partial charge in [0.05, 0.1) is 19.0 Å². The molecule has 0 saturated carbocycles. The highest BCUT2D eigenvalue weighted by molar-refractivity contribution is 6.31. The zero-order valence-electron chi connectivity index (χ0n) is 16.8. The molecule has 0 spiro atoms. The van der Waals surface area contributed by atoms with Gasteiger partial charge in [-0.3, -0.25) is 9.89 Å². The molecule has 1 aliphatic heterocycles. The van der Waals surface area contributed by atoms with E-state index in [9.17, 15) is 9.59 Å². The molecule has 3 N–H and O–H groups in total. The van der Waals surface area contributed by atoms with Crippen molar-refractivity contribution in [3.05, 3.63) is 52.9 Å². The Morgan fingerprint density at radius 3 is 2.97 bits per heavy atom. The summed E-state index contributed by atoms with van der Waals surface area (Å²) in [7, 11) is 1.79. The van der Waals surface area contributed by atoms with Gasteiger partial charge in [0.25, 0.3) is 0 Å². The fourth-order valence-corrected chi connectivity index (χ4v) is 4.06. The number of aromatic amines is 2. The minimum absolute atomic E-state index is 0.00834. The number of nitrogens with zero attached hydrogens (tertiary/aromatic N) is 3. The molecule has 3 amide bonds. The first-order chi connectivity index (χ1) is 14.5. The Morgan fingerprint density at radius 2 is 2.17 bits per heavy atom. The molecule has 30 heavy (non-hydrogen) atoms. The van der Waals surface area contributed by atoms with Crippen LogP contribution in [-0.4, -0.2) is 63.1 Å². The number of nitrogens with one attached hydrogen (secondary N) is 3. The number of rotatable bonds is 5. The molecule has 3 heterocycles. The molecule has 8 nitrogen and oxygen atoms in total. The van der Waals surface area contributed by atoms with Crippen LogP contribution in [0.1, 0.15) is 24.2 Å². The molecule has 4 rings (SSSR count). The highest BCUT2D eigenvalue weighted by Gasteiger charge is 2.28. The molecule has 9 heteroatoms. The lowest BCUT2D eigenvalue weighted by Gasteiger charge is -2.37. The van der Waals surface area contributed by atoms with Crippen LogP contribution in [0.4, 0.5) is 4.79 Å². The molecule has 1 aromatic carbocycles. The topological polar surface area (TPSA) is 97.1 Å². The first kappa shape index (κ1) is 20.3. The molecular weight excluding hydrogens is 404 g/mol. The van der Waals surface area contributed by atoms with Crippen molar-refractivity contribution in [3.63, 3.8) is 0 Å². The van der Waals surface area contributed by atoms with Crippen LogP contribution in [0.15, 0.2) is 36.5 Å². The second-order valence-electron chi connectivity index (χ2n) is 7.69. The summed E-state index contributed by atoms with van der Waals surface area (Å²) >= 11 is 6.03. The minimum Gasteiger partial charge on any atom is -0.357 e. The lowest BCUT2D eigenvalue weighted by atomic mass is 10.0. The zero-order valence-corrected chi connectivity index (χ0v) is 17.6. The molecule has 3 aromatic rings. The van der Waals surface area contributed by atoms with Gasteiger partial charge in [0.1, 0.15) is 0 Å². The Hall–Kier alpha value is -3.00. The third-order valence-electron chi connectivity index (χ3n) is 5.59. The summed E-state index contributed by atoms with van der Waals surface area (Å²) in [5, 5.41) is 11.4. The number of amides is 3. The highest BCUT2D eigenvalue weighted by Crippen LogP contribution is 2.20. The van der Waals surface area contributed by atoms with Crippen molar-refractivity contribution in [1.82, 2.24) is 30.3 Å². The second kappa shape index (κ2) is 8.79. The number of halogens is 1. The Balaban J connectivity index is 1.31. The standard InChI is InChI=1S/C21H25ClN6O2/c1-27(18-3-2-8-28(13-18)20(29)11-16-6-7-24-26-16)21(30)23-12-17-10-14-9-15(22)4-5-19(14)25-17/h4-7,9-10,18,25H,2-3,8,11-13H2,1H3,(H,23,30)(H,24,26). The highest BCUT2D eigenvalue weighted by atomic mass is 35.5. The fraction of sp³-hybridized carbons (Fsp3) is 0.381. The number of carbonyl (C=O) groups is 2. The van der Waals surface area contributed by atoms with E-state index in [1.54, 1.807) is 24.2 Å². The average molecular weight is 429 g/mol. The normalized spacial score (nSPS) is 16.6. The summed E-state index contributed by atoms with van der Waals surface area (Å²) in [6, 6.07) is 9.27. The lowest BCUT2D eigenvalue weighted by Crippen LogP contribution is -2.52. The van der Waals surface area contributed by atoms with Gasteiger partial charge in [0, 0.05) is 53.6 Å². The summed E-state index contributed by atoms with van der Waals surface area (Å²) in [6.07, 6.45) is 3.69. The van der Waals surface area contributed by atoms with Crippen LogP contribution in [-0.2, 0) is 17.8 Å². The summed E-state index contributed by atoms with van der Waals surface area (Å²) in [4.78, 5) is 32.1. The number of urea groups is 1. The van der Waals surface area contributed by atoms with E-state index in [4.69, 9.17) is 11.6 Å². The van der Waals surface area contributed by atoms with E-state index in [1.165, 1.54) is 0 Å². The molecule has 0 radical (unpaired) electrons. The third-order valence-corrected chi connectivity index (χ3v) is 5.82. The number of aromatic nitrogens is 3. The Labute approximate surface area is 179 Å². The molecule has 1 saturated heterocycles. The third kappa shape index (κ3) is 4.59. The molecule has 0 aliphatic carbocycles. The summed E-state index contributed by atoms with van der Waals surface area (Å²) < 4.78 is 0. The van der Waals surface area contributed by atoms with Crippen molar-refractivity contribution in [2.45, 2.75) is 31.8 Å². The number of fused-ring (bicyclic) bond motifs is 1. The van der Waals surface area contributed by atoms with Gasteiger partial charge in [-0.25, -0.2) is 4.79 Å². The molecule has 2 aromatic heterocycles. The van der Waals surface area contributed by atoms with Crippen molar-refractivity contribution >= 4 is 34.4 Å². The molecule has 1 atom stereocenters. The van der Waals surface area contributed by atoms with Crippen LogP contribution in [0.3, 0.4) is 0 Å². The lowest BCUT2D eigenvalue weighted by molar-refractivity contribution is -0.132. The number of likely N-dealkylation sites (N-methyl/N-ethyl adjacent to an activating group) is 1. The molecule has 1 unspecified atom stereocenters. The van der Waals surface area contributed by atoms with E-state index in [0.29, 0.717) is 24.5 Å². The van der Waals surface area contributed by atoms with E-state index >= 15 is 0 Å². The Bertz CT molecular complexity index is 1030. The van der Waals surface area contributed by atoms with E-state index in [1.807, 2.05) is 29.2 Å². The predicted octanol–water partition coefficient (Wildman–Crippen LogP) is 2.92. The van der Waals surface area contributed by atoms with Crippen LogP contribution in [0.5, 0.6) is 0 Å². The number of hydrogen-bond donors (Lipinski definition) is 3. The summed E-state index contributed by atoms with van der Waals surface area (Å²) in [5.74, 6) is 0.0505. The summed E-state index contributed by atoms with van der Waals surface area (Å²) in [5.41, 5.74) is 2.69. The number of benzene rings is 1. The number of likely N-dealkylation sites (tertiary alicyclic amines) is 1. The average Bonchev–Trinajstić information content (AvgIpc) is 3.40. The van der Waals surface area contributed by atoms with Crippen molar-refractivity contribution < 1.29 is 9.59 Å². The monoisotopic (exact) mass is 428 g/mol. The largest absolute Gasteiger partial charge is 0.357 e. The smallest absolute Gasteiger partial charge is 0.317 e. The SMILES string of the molecule is CN(C(=O)NCc1cc2cc(Cl)ccc2[nH]1)C1CCCN(C(=O)Cc2ccn[nH]2)C1. The molecule has 1 aliphatic rings. The molecule has 158 valence electrons. The van der Waals surface area contributed by atoms with E-state index < -0.39 is 0 Å². The van der Waals surface area contributed by atoms with Crippen molar-refractivity contribution in [2.24, 2.45) is 0 Å². The number of H-pyrrole nitrogens is 2. The second-order valence-corrected chi connectivity index (χ2v) is 8.13. The summed E-state index contributed by atoms with van der Waals surface area (Å²) in [6.45, 7) is 1.66. The van der Waals surface area contributed by atoms with Crippen LogP contribution >= 0.6 is 11.6 Å². The zero-order chi connectivity index (χ0) is 21.1. The molecular formula is C21H25ClN6O2. The quantitative estimate of drug-likeness (QED) is 0.582. The maximum atomic E-state index is 12.7. The number of piperidine rings is 1. The van der Waals surface area contributed by atoms with Crippen LogP contribution in [0.2, 0.25) is 5.02 Å². The van der Waals surface area contributed by atoms with Gasteiger partial charge in [-0.2, -0.15) is 5.10 Å². The first-order valence-corrected chi connectivity index (χ1v) is 10.4. The van der Waals surface area contributed by atoms with Crippen molar-refractivity contribution in [2.75, 3.05) is 20.1 Å². The minimum atomic E-state index is -0.153. The predicted molar refractivity (Wildman–Crippen MR) is 115 cm³/mol. The van der Waals surface area contributed by atoms with Gasteiger partial charge in [-0.15, -0.1) is 0 Å². The van der Waals surface area contributed by atoms with Gasteiger partial charge in [-0.1, -0.05) is 11.6 Å². The maximum absolute atomic E-state index is 12.7. The van der Waals surface area contributed by atoms with Crippen molar-refractivity contribution in [3.8, 4) is 0 Å².